The molecule has 4 N–H and O–H groups in total. The summed E-state index contributed by atoms with van der Waals surface area (Å²) in [7, 11) is 0. The highest BCUT2D eigenvalue weighted by Gasteiger charge is 2.44. The van der Waals surface area contributed by atoms with Gasteiger partial charge in [-0.05, 0) is 83.5 Å². The van der Waals surface area contributed by atoms with Gasteiger partial charge in [0, 0.05) is 12.8 Å². The minimum absolute atomic E-state index is 0.150. The molecule has 1 heterocycles. The standard InChI is InChI=1S/C49H82O10/c1-3-5-7-9-11-13-15-17-19-21-23-25-27-29-31-33-35-37-44(51)56-40-42(41-57-49-48(55)47(54)46(53)43(39-50)59-49)58-45(52)38-36-34-32-30-28-26-24-22-20-18-16-14-12-10-8-6-4-2/h11,13,17-20,23-26,30,32,42-43,46-50,53-55H,3-10,12,14-16,21-22,27-29,31,33-41H2,1-2H3/b13-11+,19-17+,20-18+,25-23+,26-24+,32-30+/t42-,43-,46+,47?,48?,49-/m0/s1. The Hall–Kier alpha value is -2.86. The number of ether oxygens (including phenoxy) is 4. The molecule has 0 saturated carbocycles. The van der Waals surface area contributed by atoms with Crippen molar-refractivity contribution < 1.29 is 49.0 Å². The highest BCUT2D eigenvalue weighted by molar-refractivity contribution is 5.70. The lowest BCUT2D eigenvalue weighted by molar-refractivity contribution is -0.305. The average molecular weight is 831 g/mol. The SMILES string of the molecule is CCCCC/C=C/C/C=C/C/C=C/CCCCCCC(=O)OC[C@@H](CO[C@H]1O[C@@H](CO)[C@@H](O)C(O)C1O)OC(=O)CCC/C=C/C/C=C/C/C=C/CCCCCCCC. The number of aliphatic hydroxyl groups excluding tert-OH is 4. The Morgan fingerprint density at radius 3 is 1.51 bits per heavy atom. The van der Waals surface area contributed by atoms with Gasteiger partial charge in [-0.15, -0.1) is 0 Å². The second-order valence-corrected chi connectivity index (χ2v) is 15.5. The average Bonchev–Trinajstić information content (AvgIpc) is 3.23. The van der Waals surface area contributed by atoms with Gasteiger partial charge in [0.1, 0.15) is 31.0 Å². The molecule has 338 valence electrons. The van der Waals surface area contributed by atoms with Crippen LogP contribution in [0.15, 0.2) is 72.9 Å². The zero-order valence-electron chi connectivity index (χ0n) is 36.7. The largest absolute Gasteiger partial charge is 0.462 e. The maximum Gasteiger partial charge on any atom is 0.306 e. The first kappa shape index (κ1) is 54.2. The number of hydrogen-bond acceptors (Lipinski definition) is 10. The third-order valence-corrected chi connectivity index (χ3v) is 10.1. The van der Waals surface area contributed by atoms with Crippen LogP contribution in [0.2, 0.25) is 0 Å². The highest BCUT2D eigenvalue weighted by Crippen LogP contribution is 2.22. The first-order chi connectivity index (χ1) is 28.8. The van der Waals surface area contributed by atoms with E-state index >= 15 is 0 Å². The van der Waals surface area contributed by atoms with E-state index in [0.29, 0.717) is 19.3 Å². The van der Waals surface area contributed by atoms with E-state index in [1.54, 1.807) is 0 Å². The summed E-state index contributed by atoms with van der Waals surface area (Å²) >= 11 is 0. The predicted molar refractivity (Wildman–Crippen MR) is 238 cm³/mol. The molecule has 1 saturated heterocycles. The van der Waals surface area contributed by atoms with Gasteiger partial charge >= 0.3 is 11.9 Å². The summed E-state index contributed by atoms with van der Waals surface area (Å²) in [4.78, 5) is 25.3. The minimum Gasteiger partial charge on any atom is -0.462 e. The summed E-state index contributed by atoms with van der Waals surface area (Å²) in [5, 5.41) is 40.1. The first-order valence-electron chi connectivity index (χ1n) is 23.0. The van der Waals surface area contributed by atoms with Crippen LogP contribution in [0.1, 0.15) is 168 Å². The number of allylic oxidation sites excluding steroid dienone is 12. The van der Waals surface area contributed by atoms with Crippen LogP contribution < -0.4 is 0 Å². The number of carbonyl (C=O) groups is 2. The Morgan fingerprint density at radius 1 is 0.525 bits per heavy atom. The van der Waals surface area contributed by atoms with Crippen LogP contribution in [0.25, 0.3) is 0 Å². The van der Waals surface area contributed by atoms with Gasteiger partial charge in [0.25, 0.3) is 0 Å². The first-order valence-corrected chi connectivity index (χ1v) is 23.0. The Labute approximate surface area is 357 Å². The van der Waals surface area contributed by atoms with E-state index < -0.39 is 55.4 Å². The second-order valence-electron chi connectivity index (χ2n) is 15.5. The smallest absolute Gasteiger partial charge is 0.306 e. The molecule has 0 radical (unpaired) electrons. The molecule has 10 heteroatoms. The van der Waals surface area contributed by atoms with E-state index in [1.165, 1.54) is 64.2 Å². The molecular weight excluding hydrogens is 749 g/mol. The molecular formula is C49H82O10. The summed E-state index contributed by atoms with van der Waals surface area (Å²) in [6.07, 6.45) is 41.9. The second kappa shape index (κ2) is 39.3. The monoisotopic (exact) mass is 831 g/mol. The third kappa shape index (κ3) is 30.8. The molecule has 6 atom stereocenters. The normalized spacial score (nSPS) is 20.7. The van der Waals surface area contributed by atoms with Gasteiger partial charge in [0.15, 0.2) is 12.4 Å². The molecule has 10 nitrogen and oxygen atoms in total. The maximum atomic E-state index is 12.8. The van der Waals surface area contributed by atoms with E-state index in [1.807, 2.05) is 6.08 Å². The van der Waals surface area contributed by atoms with Gasteiger partial charge in [-0.2, -0.15) is 0 Å². The Kier molecular flexibility index (Phi) is 36.1. The Balaban J connectivity index is 2.39. The van der Waals surface area contributed by atoms with Gasteiger partial charge in [-0.3, -0.25) is 9.59 Å². The van der Waals surface area contributed by atoms with Crippen LogP contribution in [-0.4, -0.2) is 89.0 Å². The zero-order chi connectivity index (χ0) is 43.0. The molecule has 0 aliphatic carbocycles. The van der Waals surface area contributed by atoms with Gasteiger partial charge in [-0.1, -0.05) is 145 Å². The number of esters is 2. The van der Waals surface area contributed by atoms with Crippen LogP contribution in [0.3, 0.4) is 0 Å². The molecule has 0 aromatic carbocycles. The summed E-state index contributed by atoms with van der Waals surface area (Å²) in [5.41, 5.74) is 0. The number of hydrogen-bond donors (Lipinski definition) is 4. The lowest BCUT2D eigenvalue weighted by Gasteiger charge is -2.39. The van der Waals surface area contributed by atoms with Gasteiger partial charge in [0.05, 0.1) is 13.2 Å². The predicted octanol–water partition coefficient (Wildman–Crippen LogP) is 10.00. The van der Waals surface area contributed by atoms with Crippen molar-refractivity contribution in [1.82, 2.24) is 0 Å². The number of carbonyl (C=O) groups excluding carboxylic acids is 2. The van der Waals surface area contributed by atoms with Crippen LogP contribution in [-0.2, 0) is 28.5 Å². The molecule has 0 aromatic heterocycles. The van der Waals surface area contributed by atoms with Gasteiger partial charge in [0.2, 0.25) is 0 Å². The molecule has 0 amide bonds. The van der Waals surface area contributed by atoms with E-state index in [-0.39, 0.29) is 26.1 Å². The molecule has 1 aliphatic heterocycles. The molecule has 1 fully saturated rings. The number of unbranched alkanes of at least 4 members (excludes halogenated alkanes) is 14. The van der Waals surface area contributed by atoms with Crippen LogP contribution >= 0.6 is 0 Å². The molecule has 59 heavy (non-hydrogen) atoms. The van der Waals surface area contributed by atoms with Crippen molar-refractivity contribution in [2.24, 2.45) is 0 Å². The van der Waals surface area contributed by atoms with Crippen LogP contribution in [0.4, 0.5) is 0 Å². The quantitative estimate of drug-likeness (QED) is 0.0271. The van der Waals surface area contributed by atoms with E-state index in [0.717, 1.165) is 57.8 Å². The molecule has 0 bridgehead atoms. The lowest BCUT2D eigenvalue weighted by Crippen LogP contribution is -2.59. The fourth-order valence-corrected chi connectivity index (χ4v) is 6.39. The zero-order valence-corrected chi connectivity index (χ0v) is 36.7. The van der Waals surface area contributed by atoms with Crippen molar-refractivity contribution in [3.05, 3.63) is 72.9 Å². The lowest BCUT2D eigenvalue weighted by atomic mass is 9.99. The Bertz CT molecular complexity index is 1190. The minimum atomic E-state index is -1.61. The maximum absolute atomic E-state index is 12.8. The molecule has 1 aliphatic rings. The van der Waals surface area contributed by atoms with Gasteiger partial charge < -0.3 is 39.4 Å². The summed E-state index contributed by atoms with van der Waals surface area (Å²) in [6, 6.07) is 0. The topological polar surface area (TPSA) is 152 Å². The van der Waals surface area contributed by atoms with Crippen LogP contribution in [0.5, 0.6) is 0 Å². The van der Waals surface area contributed by atoms with Crippen molar-refractivity contribution in [2.45, 2.75) is 205 Å². The Morgan fingerprint density at radius 2 is 0.966 bits per heavy atom. The van der Waals surface area contributed by atoms with Crippen molar-refractivity contribution in [1.29, 1.82) is 0 Å². The number of rotatable bonds is 37. The summed E-state index contributed by atoms with van der Waals surface area (Å²) in [5.74, 6) is -0.898. The van der Waals surface area contributed by atoms with E-state index in [4.69, 9.17) is 18.9 Å². The fraction of sp³-hybridized carbons (Fsp3) is 0.714. The molecule has 2 unspecified atom stereocenters. The molecule has 0 spiro atoms. The summed E-state index contributed by atoms with van der Waals surface area (Å²) < 4.78 is 22.1. The van der Waals surface area contributed by atoms with Crippen molar-refractivity contribution in [2.75, 3.05) is 19.8 Å². The summed E-state index contributed by atoms with van der Waals surface area (Å²) in [6.45, 7) is 3.30. The molecule has 1 rings (SSSR count). The van der Waals surface area contributed by atoms with Crippen LogP contribution in [0, 0.1) is 0 Å². The van der Waals surface area contributed by atoms with Crippen molar-refractivity contribution >= 4 is 11.9 Å². The van der Waals surface area contributed by atoms with Crippen molar-refractivity contribution in [3.63, 3.8) is 0 Å². The van der Waals surface area contributed by atoms with E-state index in [2.05, 4.69) is 80.7 Å². The third-order valence-electron chi connectivity index (χ3n) is 10.1. The fourth-order valence-electron chi connectivity index (χ4n) is 6.39. The van der Waals surface area contributed by atoms with Crippen molar-refractivity contribution in [3.8, 4) is 0 Å². The highest BCUT2D eigenvalue weighted by atomic mass is 16.7. The van der Waals surface area contributed by atoms with Gasteiger partial charge in [-0.25, -0.2) is 0 Å². The van der Waals surface area contributed by atoms with E-state index in [9.17, 15) is 30.0 Å². The number of aliphatic hydroxyl groups is 4. The molecule has 0 aromatic rings.